The molecule has 0 aliphatic carbocycles. The van der Waals surface area contributed by atoms with Gasteiger partial charge in [0, 0.05) is 49.4 Å². The van der Waals surface area contributed by atoms with E-state index in [1.807, 2.05) is 6.07 Å². The van der Waals surface area contributed by atoms with E-state index in [2.05, 4.69) is 87.4 Å². The zero-order valence-corrected chi connectivity index (χ0v) is 18.1. The quantitative estimate of drug-likeness (QED) is 0.671. The Kier molecular flexibility index (Phi) is 5.51. The van der Waals surface area contributed by atoms with E-state index < -0.39 is 0 Å². The summed E-state index contributed by atoms with van der Waals surface area (Å²) in [5.74, 6) is 0.0398. The van der Waals surface area contributed by atoms with Gasteiger partial charge < -0.3 is 14.8 Å². The van der Waals surface area contributed by atoms with E-state index in [9.17, 15) is 4.79 Å². The molecule has 160 valence electrons. The SMILES string of the molecule is Cc1cc(N2CCCC2)ccc1NC(=O)CN1CCn2cccc2C1c1ccccc1. The van der Waals surface area contributed by atoms with Gasteiger partial charge in [-0.05, 0) is 61.2 Å². The Morgan fingerprint density at radius 2 is 1.77 bits per heavy atom. The predicted octanol–water partition coefficient (Wildman–Crippen LogP) is 4.44. The molecule has 5 nitrogen and oxygen atoms in total. The summed E-state index contributed by atoms with van der Waals surface area (Å²) in [6.07, 6.45) is 4.66. The van der Waals surface area contributed by atoms with Crippen LogP contribution in [0.3, 0.4) is 0 Å². The number of anilines is 2. The van der Waals surface area contributed by atoms with E-state index in [0.29, 0.717) is 6.54 Å². The van der Waals surface area contributed by atoms with Crippen LogP contribution in [0.25, 0.3) is 0 Å². The first-order chi connectivity index (χ1) is 15.2. The maximum Gasteiger partial charge on any atom is 0.238 e. The Balaban J connectivity index is 1.31. The van der Waals surface area contributed by atoms with Gasteiger partial charge in [0.25, 0.3) is 0 Å². The molecule has 0 spiro atoms. The van der Waals surface area contributed by atoms with Crippen LogP contribution in [0.2, 0.25) is 0 Å². The van der Waals surface area contributed by atoms with Crippen molar-refractivity contribution in [2.45, 2.75) is 32.4 Å². The Morgan fingerprint density at radius 1 is 0.968 bits per heavy atom. The number of aryl methyl sites for hydroxylation is 1. The first-order valence-corrected chi connectivity index (χ1v) is 11.3. The lowest BCUT2D eigenvalue weighted by atomic mass is 10.00. The fourth-order valence-electron chi connectivity index (χ4n) is 4.95. The molecule has 1 unspecified atom stereocenters. The summed E-state index contributed by atoms with van der Waals surface area (Å²) in [6, 6.07) is 21.2. The van der Waals surface area contributed by atoms with Gasteiger partial charge in [0.05, 0.1) is 12.6 Å². The first kappa shape index (κ1) is 19.9. The lowest BCUT2D eigenvalue weighted by Crippen LogP contribution is -2.42. The van der Waals surface area contributed by atoms with Gasteiger partial charge in [0.15, 0.2) is 0 Å². The van der Waals surface area contributed by atoms with Crippen molar-refractivity contribution in [2.24, 2.45) is 0 Å². The number of amides is 1. The summed E-state index contributed by atoms with van der Waals surface area (Å²) in [5.41, 5.74) is 5.75. The Hall–Kier alpha value is -3.05. The number of nitrogens with one attached hydrogen (secondary N) is 1. The standard InChI is InChI=1S/C26H30N4O/c1-20-18-22(28-13-5-6-14-28)11-12-23(20)27-25(31)19-30-17-16-29-15-7-10-24(29)26(30)21-8-3-2-4-9-21/h2-4,7-12,15,18,26H,5-6,13-14,16-17,19H2,1H3,(H,27,31). The van der Waals surface area contributed by atoms with Crippen molar-refractivity contribution < 1.29 is 4.79 Å². The van der Waals surface area contributed by atoms with Crippen molar-refractivity contribution in [3.05, 3.63) is 83.7 Å². The van der Waals surface area contributed by atoms with E-state index in [-0.39, 0.29) is 11.9 Å². The molecule has 5 heteroatoms. The molecule has 0 radical (unpaired) electrons. The van der Waals surface area contributed by atoms with Crippen LogP contribution in [0.4, 0.5) is 11.4 Å². The maximum absolute atomic E-state index is 13.0. The molecule has 0 bridgehead atoms. The number of hydrogen-bond donors (Lipinski definition) is 1. The minimum absolute atomic E-state index is 0.0398. The van der Waals surface area contributed by atoms with Gasteiger partial charge in [-0.1, -0.05) is 30.3 Å². The molecular weight excluding hydrogens is 384 g/mol. The summed E-state index contributed by atoms with van der Waals surface area (Å²) in [7, 11) is 0. The van der Waals surface area contributed by atoms with Gasteiger partial charge in [0.1, 0.15) is 0 Å². The van der Waals surface area contributed by atoms with Crippen molar-refractivity contribution in [2.75, 3.05) is 36.4 Å². The highest BCUT2D eigenvalue weighted by atomic mass is 16.2. The van der Waals surface area contributed by atoms with E-state index in [1.54, 1.807) is 0 Å². The van der Waals surface area contributed by atoms with E-state index in [4.69, 9.17) is 0 Å². The second kappa shape index (κ2) is 8.60. The van der Waals surface area contributed by atoms with Gasteiger partial charge in [-0.3, -0.25) is 9.69 Å². The molecule has 1 fully saturated rings. The number of nitrogens with zero attached hydrogens (tertiary/aromatic N) is 3. The Bertz CT molecular complexity index is 1050. The average Bonchev–Trinajstić information content (AvgIpc) is 3.48. The molecule has 3 heterocycles. The van der Waals surface area contributed by atoms with Crippen molar-refractivity contribution in [3.63, 3.8) is 0 Å². The molecule has 1 N–H and O–H groups in total. The molecule has 31 heavy (non-hydrogen) atoms. The second-order valence-corrected chi connectivity index (χ2v) is 8.65. The molecule has 2 aromatic carbocycles. The van der Waals surface area contributed by atoms with Crippen LogP contribution in [0, 0.1) is 6.92 Å². The number of hydrogen-bond acceptors (Lipinski definition) is 3. The summed E-state index contributed by atoms with van der Waals surface area (Å²) in [6.45, 7) is 6.46. The van der Waals surface area contributed by atoms with E-state index >= 15 is 0 Å². The minimum Gasteiger partial charge on any atom is -0.372 e. The lowest BCUT2D eigenvalue weighted by molar-refractivity contribution is -0.117. The lowest BCUT2D eigenvalue weighted by Gasteiger charge is -2.37. The molecule has 5 rings (SSSR count). The second-order valence-electron chi connectivity index (χ2n) is 8.65. The van der Waals surface area contributed by atoms with Crippen LogP contribution in [-0.4, -0.2) is 41.6 Å². The molecule has 2 aliphatic rings. The van der Waals surface area contributed by atoms with E-state index in [1.165, 1.54) is 29.8 Å². The van der Waals surface area contributed by atoms with Crippen LogP contribution < -0.4 is 10.2 Å². The highest BCUT2D eigenvalue weighted by Crippen LogP contribution is 2.32. The predicted molar refractivity (Wildman–Crippen MR) is 126 cm³/mol. The zero-order chi connectivity index (χ0) is 21.2. The minimum atomic E-state index is 0.0398. The van der Waals surface area contributed by atoms with Gasteiger partial charge >= 0.3 is 0 Å². The van der Waals surface area contributed by atoms with Crippen LogP contribution in [0.15, 0.2) is 66.9 Å². The van der Waals surface area contributed by atoms with Crippen LogP contribution in [0.5, 0.6) is 0 Å². The largest absolute Gasteiger partial charge is 0.372 e. The monoisotopic (exact) mass is 414 g/mol. The van der Waals surface area contributed by atoms with Crippen molar-refractivity contribution >= 4 is 17.3 Å². The average molecular weight is 415 g/mol. The number of benzene rings is 2. The van der Waals surface area contributed by atoms with Crippen molar-refractivity contribution in [1.29, 1.82) is 0 Å². The fourth-order valence-corrected chi connectivity index (χ4v) is 4.95. The van der Waals surface area contributed by atoms with Crippen LogP contribution in [-0.2, 0) is 11.3 Å². The molecule has 1 saturated heterocycles. The van der Waals surface area contributed by atoms with Crippen LogP contribution in [0.1, 0.15) is 35.7 Å². The number of aromatic nitrogens is 1. The third-order valence-electron chi connectivity index (χ3n) is 6.56. The Morgan fingerprint density at radius 3 is 2.55 bits per heavy atom. The van der Waals surface area contributed by atoms with Gasteiger partial charge in [-0.25, -0.2) is 0 Å². The van der Waals surface area contributed by atoms with Crippen molar-refractivity contribution in [3.8, 4) is 0 Å². The van der Waals surface area contributed by atoms with Crippen LogP contribution >= 0.6 is 0 Å². The highest BCUT2D eigenvalue weighted by Gasteiger charge is 2.30. The number of rotatable bonds is 5. The molecular formula is C26H30N4O. The first-order valence-electron chi connectivity index (χ1n) is 11.3. The third-order valence-corrected chi connectivity index (χ3v) is 6.56. The Labute approximate surface area is 184 Å². The molecule has 1 amide bonds. The summed E-state index contributed by atoms with van der Waals surface area (Å²) < 4.78 is 2.30. The van der Waals surface area contributed by atoms with Gasteiger partial charge in [0.2, 0.25) is 5.91 Å². The molecule has 1 atom stereocenters. The summed E-state index contributed by atoms with van der Waals surface area (Å²) in [4.78, 5) is 17.7. The fraction of sp³-hybridized carbons (Fsp3) is 0.346. The van der Waals surface area contributed by atoms with Gasteiger partial charge in [-0.15, -0.1) is 0 Å². The topological polar surface area (TPSA) is 40.5 Å². The molecule has 3 aromatic rings. The smallest absolute Gasteiger partial charge is 0.238 e. The highest BCUT2D eigenvalue weighted by molar-refractivity contribution is 5.93. The number of fused-ring (bicyclic) bond motifs is 1. The summed E-state index contributed by atoms with van der Waals surface area (Å²) >= 11 is 0. The maximum atomic E-state index is 13.0. The third kappa shape index (κ3) is 4.10. The molecule has 1 aromatic heterocycles. The van der Waals surface area contributed by atoms with Gasteiger partial charge in [-0.2, -0.15) is 0 Å². The zero-order valence-electron chi connectivity index (χ0n) is 18.1. The molecule has 0 saturated carbocycles. The normalized spacial score (nSPS) is 18.7. The molecule has 2 aliphatic heterocycles. The van der Waals surface area contributed by atoms with E-state index in [0.717, 1.165) is 37.4 Å². The summed E-state index contributed by atoms with van der Waals surface area (Å²) in [5, 5.41) is 3.16. The number of carbonyl (C=O) groups excluding carboxylic acids is 1. The van der Waals surface area contributed by atoms with Crippen molar-refractivity contribution in [1.82, 2.24) is 9.47 Å². The number of carbonyl (C=O) groups is 1.